The van der Waals surface area contributed by atoms with Crippen molar-refractivity contribution in [1.82, 2.24) is 5.32 Å². The Morgan fingerprint density at radius 1 is 1.60 bits per heavy atom. The summed E-state index contributed by atoms with van der Waals surface area (Å²) < 4.78 is 5.65. The van der Waals surface area contributed by atoms with Gasteiger partial charge in [0.2, 0.25) is 0 Å². The molecular formula is C14H19N3O3. The van der Waals surface area contributed by atoms with Crippen LogP contribution in [0.1, 0.15) is 25.8 Å². The Morgan fingerprint density at radius 2 is 2.25 bits per heavy atom. The molecule has 0 heterocycles. The summed E-state index contributed by atoms with van der Waals surface area (Å²) in [5.41, 5.74) is -0.197. The van der Waals surface area contributed by atoms with Crippen LogP contribution in [0.25, 0.3) is 0 Å². The Bertz CT molecular complexity index is 539. The second-order valence-corrected chi connectivity index (χ2v) is 5.01. The number of hydrogen-bond acceptors (Lipinski definition) is 5. The number of nitro benzene ring substituents is 1. The Balaban J connectivity index is 2.92. The molecule has 6 heteroatoms. The highest BCUT2D eigenvalue weighted by Crippen LogP contribution is 2.31. The van der Waals surface area contributed by atoms with Gasteiger partial charge in [0.25, 0.3) is 0 Å². The minimum Gasteiger partial charge on any atom is -0.484 e. The zero-order valence-corrected chi connectivity index (χ0v) is 12.1. The SMILES string of the molecule is CNC(C)(C#N)CC(C)Oc1cccc(C)c1[N+](=O)[O-]. The van der Waals surface area contributed by atoms with E-state index in [1.165, 1.54) is 0 Å². The van der Waals surface area contributed by atoms with E-state index in [1.54, 1.807) is 46.0 Å². The standard InChI is InChI=1S/C14H19N3O3/c1-10-6-5-7-12(13(10)17(18)19)20-11(2)8-14(3,9-15)16-4/h5-7,11,16H,8H2,1-4H3. The smallest absolute Gasteiger partial charge is 0.313 e. The maximum absolute atomic E-state index is 11.1. The van der Waals surface area contributed by atoms with Crippen molar-refractivity contribution in [3.63, 3.8) is 0 Å². The van der Waals surface area contributed by atoms with Gasteiger partial charge in [0.1, 0.15) is 5.54 Å². The fourth-order valence-electron chi connectivity index (χ4n) is 2.00. The van der Waals surface area contributed by atoms with Crippen LogP contribution in [-0.2, 0) is 0 Å². The number of aryl methyl sites for hydroxylation is 1. The molecule has 0 saturated carbocycles. The lowest BCUT2D eigenvalue weighted by Gasteiger charge is -2.25. The lowest BCUT2D eigenvalue weighted by Crippen LogP contribution is -2.41. The third kappa shape index (κ3) is 3.68. The van der Waals surface area contributed by atoms with E-state index in [2.05, 4.69) is 11.4 Å². The monoisotopic (exact) mass is 277 g/mol. The van der Waals surface area contributed by atoms with Gasteiger partial charge in [-0.25, -0.2) is 0 Å². The van der Waals surface area contributed by atoms with Crippen molar-refractivity contribution in [2.75, 3.05) is 7.05 Å². The highest BCUT2D eigenvalue weighted by atomic mass is 16.6. The minimum atomic E-state index is -0.724. The molecule has 0 radical (unpaired) electrons. The Kier molecular flexibility index (Phi) is 5.06. The summed E-state index contributed by atoms with van der Waals surface area (Å²) in [6.45, 7) is 5.22. The molecule has 1 aromatic carbocycles. The molecule has 0 aliphatic carbocycles. The number of rotatable bonds is 6. The predicted molar refractivity (Wildman–Crippen MR) is 75.6 cm³/mol. The van der Waals surface area contributed by atoms with E-state index < -0.39 is 10.5 Å². The number of nitriles is 1. The summed E-state index contributed by atoms with van der Waals surface area (Å²) in [5.74, 6) is 0.235. The first-order valence-electron chi connectivity index (χ1n) is 6.34. The molecule has 2 unspecified atom stereocenters. The summed E-state index contributed by atoms with van der Waals surface area (Å²) in [7, 11) is 1.70. The molecule has 20 heavy (non-hydrogen) atoms. The van der Waals surface area contributed by atoms with Crippen LogP contribution >= 0.6 is 0 Å². The zero-order chi connectivity index (χ0) is 15.3. The number of nitrogens with one attached hydrogen (secondary N) is 1. The number of hydrogen-bond donors (Lipinski definition) is 1. The van der Waals surface area contributed by atoms with Gasteiger partial charge in [-0.1, -0.05) is 12.1 Å². The predicted octanol–water partition coefficient (Wildman–Crippen LogP) is 2.56. The van der Waals surface area contributed by atoms with Gasteiger partial charge in [0.05, 0.1) is 17.1 Å². The molecule has 1 aromatic rings. The maximum atomic E-state index is 11.1. The van der Waals surface area contributed by atoms with Crippen LogP contribution in [0, 0.1) is 28.4 Å². The minimum absolute atomic E-state index is 0.0255. The molecule has 0 saturated heterocycles. The van der Waals surface area contributed by atoms with E-state index in [-0.39, 0.29) is 17.5 Å². The van der Waals surface area contributed by atoms with Crippen LogP contribution in [0.5, 0.6) is 5.75 Å². The number of nitro groups is 1. The van der Waals surface area contributed by atoms with Gasteiger partial charge in [-0.15, -0.1) is 0 Å². The first-order valence-corrected chi connectivity index (χ1v) is 6.34. The molecule has 0 aromatic heterocycles. The number of para-hydroxylation sites is 1. The second kappa shape index (κ2) is 6.35. The molecule has 0 aliphatic rings. The lowest BCUT2D eigenvalue weighted by molar-refractivity contribution is -0.386. The van der Waals surface area contributed by atoms with Crippen molar-refractivity contribution in [1.29, 1.82) is 5.26 Å². The van der Waals surface area contributed by atoms with Crippen LogP contribution in [-0.4, -0.2) is 23.6 Å². The van der Waals surface area contributed by atoms with E-state index in [9.17, 15) is 10.1 Å². The zero-order valence-electron chi connectivity index (χ0n) is 12.1. The largest absolute Gasteiger partial charge is 0.484 e. The number of benzene rings is 1. The molecule has 0 bridgehead atoms. The van der Waals surface area contributed by atoms with Crippen molar-refractivity contribution < 1.29 is 9.66 Å². The average molecular weight is 277 g/mol. The molecule has 6 nitrogen and oxygen atoms in total. The van der Waals surface area contributed by atoms with Gasteiger partial charge < -0.3 is 10.1 Å². The van der Waals surface area contributed by atoms with Gasteiger partial charge in [-0.05, 0) is 33.9 Å². The second-order valence-electron chi connectivity index (χ2n) is 5.01. The molecule has 0 spiro atoms. The van der Waals surface area contributed by atoms with Crippen molar-refractivity contribution >= 4 is 5.69 Å². The molecule has 2 atom stereocenters. The molecule has 0 amide bonds. The van der Waals surface area contributed by atoms with Gasteiger partial charge in [-0.3, -0.25) is 10.1 Å². The average Bonchev–Trinajstić information content (AvgIpc) is 2.38. The van der Waals surface area contributed by atoms with Crippen LogP contribution in [0.2, 0.25) is 0 Å². The topological polar surface area (TPSA) is 88.2 Å². The molecular weight excluding hydrogens is 258 g/mol. The third-order valence-electron chi connectivity index (χ3n) is 3.21. The summed E-state index contributed by atoms with van der Waals surface area (Å²) in [6.07, 6.45) is 0.0954. The van der Waals surface area contributed by atoms with Crippen LogP contribution in [0.15, 0.2) is 18.2 Å². The summed E-state index contributed by atoms with van der Waals surface area (Å²) >= 11 is 0. The van der Waals surface area contributed by atoms with Gasteiger partial charge in [-0.2, -0.15) is 5.26 Å². The van der Waals surface area contributed by atoms with Gasteiger partial charge in [0.15, 0.2) is 5.75 Å². The Hall–Kier alpha value is -2.13. The van der Waals surface area contributed by atoms with Crippen LogP contribution < -0.4 is 10.1 Å². The fraction of sp³-hybridized carbons (Fsp3) is 0.500. The molecule has 0 aliphatic heterocycles. The third-order valence-corrected chi connectivity index (χ3v) is 3.21. The van der Waals surface area contributed by atoms with Crippen molar-refractivity contribution in [3.05, 3.63) is 33.9 Å². The summed E-state index contributed by atoms with van der Waals surface area (Å²) in [4.78, 5) is 10.6. The first-order chi connectivity index (χ1) is 9.33. The normalized spacial score (nSPS) is 14.9. The quantitative estimate of drug-likeness (QED) is 0.637. The summed E-state index contributed by atoms with van der Waals surface area (Å²) in [6, 6.07) is 7.13. The fourth-order valence-corrected chi connectivity index (χ4v) is 2.00. The van der Waals surface area contributed by atoms with Crippen molar-refractivity contribution in [2.45, 2.75) is 38.8 Å². The highest BCUT2D eigenvalue weighted by molar-refractivity contribution is 5.52. The van der Waals surface area contributed by atoms with E-state index in [0.717, 1.165) is 0 Å². The van der Waals surface area contributed by atoms with E-state index in [1.807, 2.05) is 0 Å². The van der Waals surface area contributed by atoms with E-state index in [4.69, 9.17) is 10.00 Å². The highest BCUT2D eigenvalue weighted by Gasteiger charge is 2.27. The van der Waals surface area contributed by atoms with Crippen molar-refractivity contribution in [2.24, 2.45) is 0 Å². The van der Waals surface area contributed by atoms with E-state index >= 15 is 0 Å². The van der Waals surface area contributed by atoms with Gasteiger partial charge in [0, 0.05) is 12.0 Å². The van der Waals surface area contributed by atoms with E-state index in [0.29, 0.717) is 12.0 Å². The first kappa shape index (κ1) is 15.9. The number of nitrogens with zero attached hydrogens (tertiary/aromatic N) is 2. The molecule has 1 N–H and O–H groups in total. The van der Waals surface area contributed by atoms with Gasteiger partial charge >= 0.3 is 5.69 Å². The van der Waals surface area contributed by atoms with Crippen molar-refractivity contribution in [3.8, 4) is 11.8 Å². The van der Waals surface area contributed by atoms with Crippen LogP contribution in [0.3, 0.4) is 0 Å². The Morgan fingerprint density at radius 3 is 2.75 bits per heavy atom. The lowest BCUT2D eigenvalue weighted by atomic mass is 9.97. The van der Waals surface area contributed by atoms with Crippen LogP contribution in [0.4, 0.5) is 5.69 Å². The Labute approximate surface area is 118 Å². The molecule has 1 rings (SSSR count). The molecule has 108 valence electrons. The summed E-state index contributed by atoms with van der Waals surface area (Å²) in [5, 5.41) is 23.1. The molecule has 0 fully saturated rings. The number of ether oxygens (including phenoxy) is 1. The maximum Gasteiger partial charge on any atom is 0.313 e.